The van der Waals surface area contributed by atoms with Gasteiger partial charge >= 0.3 is 6.03 Å². The molecule has 1 rings (SSSR count). The lowest BCUT2D eigenvalue weighted by Crippen LogP contribution is -2.44. The third kappa shape index (κ3) is 2.19. The topological polar surface area (TPSA) is 49.6 Å². The Labute approximate surface area is 77.5 Å². The Morgan fingerprint density at radius 3 is 2.23 bits per heavy atom. The van der Waals surface area contributed by atoms with Gasteiger partial charge in [-0.2, -0.15) is 0 Å². The van der Waals surface area contributed by atoms with Gasteiger partial charge in [0.25, 0.3) is 0 Å². The number of amides is 2. The largest absolute Gasteiger partial charge is 0.338 e. The molecule has 70 valence electrons. The molecule has 2 N–H and O–H groups in total. The Hall–Kier alpha value is -1.55. The number of carbonyl (C=O) groups is 1. The molecule has 0 unspecified atom stereocenters. The second kappa shape index (κ2) is 3.91. The molecule has 1 aromatic carbocycles. The first kappa shape index (κ1) is 9.54. The summed E-state index contributed by atoms with van der Waals surface area (Å²) in [5.41, 5.74) is 0.682. The molecule has 0 aliphatic rings. The number of hydrogen-bond acceptors (Lipinski definition) is 2. The number of nitrogens with two attached hydrogens (primary N) is 1. The second-order valence-corrected chi connectivity index (χ2v) is 2.88. The van der Waals surface area contributed by atoms with Gasteiger partial charge in [-0.05, 0) is 12.1 Å². The summed E-state index contributed by atoms with van der Waals surface area (Å²) >= 11 is 0. The lowest BCUT2D eigenvalue weighted by Gasteiger charge is -2.20. The summed E-state index contributed by atoms with van der Waals surface area (Å²) in [4.78, 5) is 12.8. The van der Waals surface area contributed by atoms with Crippen molar-refractivity contribution in [3.63, 3.8) is 0 Å². The monoisotopic (exact) mass is 179 g/mol. The van der Waals surface area contributed by atoms with Crippen LogP contribution in [0.2, 0.25) is 0 Å². The van der Waals surface area contributed by atoms with Gasteiger partial charge in [0, 0.05) is 14.1 Å². The molecule has 0 aliphatic heterocycles. The van der Waals surface area contributed by atoms with E-state index < -0.39 is 0 Å². The van der Waals surface area contributed by atoms with Crippen LogP contribution in [0.5, 0.6) is 0 Å². The van der Waals surface area contributed by atoms with Crippen LogP contribution in [0.15, 0.2) is 30.3 Å². The molecule has 4 nitrogen and oxygen atoms in total. The first-order valence-corrected chi connectivity index (χ1v) is 3.94. The van der Waals surface area contributed by atoms with E-state index in [1.165, 1.54) is 4.90 Å². The number of rotatable bonds is 1. The number of carbonyl (C=O) groups excluding carboxylic acids is 1. The molecule has 2 amide bonds. The Morgan fingerprint density at radius 2 is 1.77 bits per heavy atom. The van der Waals surface area contributed by atoms with Crippen LogP contribution < -0.4 is 10.9 Å². The molecular formula is C9H13N3O. The van der Waals surface area contributed by atoms with E-state index in [0.717, 1.165) is 5.01 Å². The maximum atomic E-state index is 11.4. The molecule has 0 aromatic heterocycles. The summed E-state index contributed by atoms with van der Waals surface area (Å²) in [6.45, 7) is 0. The Bertz CT molecular complexity index is 284. The van der Waals surface area contributed by atoms with Crippen molar-refractivity contribution < 1.29 is 4.79 Å². The van der Waals surface area contributed by atoms with E-state index in [1.807, 2.05) is 18.2 Å². The highest BCUT2D eigenvalue weighted by atomic mass is 16.2. The summed E-state index contributed by atoms with van der Waals surface area (Å²) in [7, 11) is 3.32. The first-order valence-electron chi connectivity index (χ1n) is 3.94. The van der Waals surface area contributed by atoms with Crippen molar-refractivity contribution in [2.75, 3.05) is 19.1 Å². The molecule has 0 aliphatic carbocycles. The van der Waals surface area contributed by atoms with Crippen molar-refractivity contribution in [3.05, 3.63) is 30.3 Å². The van der Waals surface area contributed by atoms with Gasteiger partial charge in [-0.25, -0.2) is 15.6 Å². The fraction of sp³-hybridized carbons (Fsp3) is 0.222. The molecular weight excluding hydrogens is 166 g/mol. The number of benzene rings is 1. The van der Waals surface area contributed by atoms with E-state index in [9.17, 15) is 4.79 Å². The fourth-order valence-corrected chi connectivity index (χ4v) is 0.915. The van der Waals surface area contributed by atoms with Crippen molar-refractivity contribution in [2.45, 2.75) is 0 Å². The highest BCUT2D eigenvalue weighted by Crippen LogP contribution is 2.09. The number of hydrogen-bond donors (Lipinski definition) is 1. The SMILES string of the molecule is CN(C)C(=O)N(N)c1ccccc1. The molecule has 0 saturated heterocycles. The predicted octanol–water partition coefficient (Wildman–Crippen LogP) is 1.05. The number of anilines is 1. The minimum Gasteiger partial charge on any atom is -0.329 e. The summed E-state index contributed by atoms with van der Waals surface area (Å²) < 4.78 is 0. The van der Waals surface area contributed by atoms with Crippen molar-refractivity contribution >= 4 is 11.7 Å². The Kier molecular flexibility index (Phi) is 2.87. The standard InChI is InChI=1S/C9H13N3O/c1-11(2)9(13)12(10)8-6-4-3-5-7-8/h3-7H,10H2,1-2H3. The highest BCUT2D eigenvalue weighted by molar-refractivity contribution is 5.90. The summed E-state index contributed by atoms with van der Waals surface area (Å²) in [5, 5.41) is 1.11. The number of nitrogens with zero attached hydrogens (tertiary/aromatic N) is 2. The van der Waals surface area contributed by atoms with Crippen LogP contribution in [0, 0.1) is 0 Å². The van der Waals surface area contributed by atoms with Gasteiger partial charge in [0.15, 0.2) is 0 Å². The van der Waals surface area contributed by atoms with Crippen molar-refractivity contribution in [1.29, 1.82) is 0 Å². The maximum absolute atomic E-state index is 11.4. The zero-order valence-corrected chi connectivity index (χ0v) is 7.77. The average molecular weight is 179 g/mol. The molecule has 1 aromatic rings. The molecule has 13 heavy (non-hydrogen) atoms. The molecule has 0 bridgehead atoms. The summed E-state index contributed by atoms with van der Waals surface area (Å²) in [6, 6.07) is 8.85. The zero-order valence-electron chi connectivity index (χ0n) is 7.77. The van der Waals surface area contributed by atoms with Gasteiger partial charge in [0.05, 0.1) is 5.69 Å². The van der Waals surface area contributed by atoms with E-state index in [1.54, 1.807) is 26.2 Å². The molecule has 0 saturated carbocycles. The minimum absolute atomic E-state index is 0.244. The van der Waals surface area contributed by atoms with E-state index in [0.29, 0.717) is 5.69 Å². The molecule has 0 spiro atoms. The first-order chi connectivity index (χ1) is 6.13. The van der Waals surface area contributed by atoms with Crippen LogP contribution in [0.4, 0.5) is 10.5 Å². The zero-order chi connectivity index (χ0) is 9.84. The highest BCUT2D eigenvalue weighted by Gasteiger charge is 2.12. The maximum Gasteiger partial charge on any atom is 0.338 e. The third-order valence-corrected chi connectivity index (χ3v) is 1.62. The molecule has 4 heteroatoms. The second-order valence-electron chi connectivity index (χ2n) is 2.88. The van der Waals surface area contributed by atoms with Crippen LogP contribution in [0.3, 0.4) is 0 Å². The Balaban J connectivity index is 2.80. The molecule has 0 fully saturated rings. The van der Waals surface area contributed by atoms with Crippen LogP contribution in [0.25, 0.3) is 0 Å². The van der Waals surface area contributed by atoms with Gasteiger partial charge < -0.3 is 4.90 Å². The lowest BCUT2D eigenvalue weighted by atomic mass is 10.3. The molecule has 0 radical (unpaired) electrons. The fourth-order valence-electron chi connectivity index (χ4n) is 0.915. The van der Waals surface area contributed by atoms with Gasteiger partial charge in [-0.3, -0.25) is 0 Å². The smallest absolute Gasteiger partial charge is 0.329 e. The number of hydrazine groups is 1. The summed E-state index contributed by atoms with van der Waals surface area (Å²) in [5.74, 6) is 5.58. The predicted molar refractivity (Wildman–Crippen MR) is 52.2 cm³/mol. The molecule has 0 atom stereocenters. The van der Waals surface area contributed by atoms with Gasteiger partial charge in [-0.15, -0.1) is 0 Å². The van der Waals surface area contributed by atoms with E-state index >= 15 is 0 Å². The Morgan fingerprint density at radius 1 is 1.23 bits per heavy atom. The normalized spacial score (nSPS) is 9.46. The van der Waals surface area contributed by atoms with Crippen molar-refractivity contribution in [3.8, 4) is 0 Å². The lowest BCUT2D eigenvalue weighted by molar-refractivity contribution is 0.224. The van der Waals surface area contributed by atoms with Crippen LogP contribution in [-0.4, -0.2) is 25.0 Å². The van der Waals surface area contributed by atoms with E-state index in [4.69, 9.17) is 5.84 Å². The van der Waals surface area contributed by atoms with Gasteiger partial charge in [-0.1, -0.05) is 18.2 Å². The number of para-hydroxylation sites is 1. The van der Waals surface area contributed by atoms with E-state index in [2.05, 4.69) is 0 Å². The molecule has 0 heterocycles. The minimum atomic E-state index is -0.244. The number of urea groups is 1. The van der Waals surface area contributed by atoms with Crippen LogP contribution in [-0.2, 0) is 0 Å². The van der Waals surface area contributed by atoms with Gasteiger partial charge in [0.2, 0.25) is 0 Å². The van der Waals surface area contributed by atoms with Crippen molar-refractivity contribution in [2.24, 2.45) is 5.84 Å². The van der Waals surface area contributed by atoms with Crippen LogP contribution >= 0.6 is 0 Å². The summed E-state index contributed by atoms with van der Waals surface area (Å²) in [6.07, 6.45) is 0. The quantitative estimate of drug-likeness (QED) is 0.398. The van der Waals surface area contributed by atoms with Gasteiger partial charge in [0.1, 0.15) is 0 Å². The third-order valence-electron chi connectivity index (χ3n) is 1.62. The van der Waals surface area contributed by atoms with Crippen molar-refractivity contribution in [1.82, 2.24) is 4.90 Å². The van der Waals surface area contributed by atoms with E-state index in [-0.39, 0.29) is 6.03 Å². The average Bonchev–Trinajstić information content (AvgIpc) is 2.17. The van der Waals surface area contributed by atoms with Crippen LogP contribution in [0.1, 0.15) is 0 Å².